The number of alkyl halides is 6. The Kier molecular flexibility index (Phi) is 4.30. The molecule has 0 N–H and O–H groups in total. The maximum atomic E-state index is 11.5. The van der Waals surface area contributed by atoms with E-state index in [4.69, 9.17) is 34.8 Å². The largest absolute Gasteiger partial charge is 0.389 e. The first kappa shape index (κ1) is 11.7. The highest BCUT2D eigenvalue weighted by molar-refractivity contribution is 6.67. The van der Waals surface area contributed by atoms with Gasteiger partial charge in [-0.05, 0) is 12.8 Å². The summed E-state index contributed by atoms with van der Waals surface area (Å²) < 4.78 is 32.9. The van der Waals surface area contributed by atoms with E-state index in [1.807, 2.05) is 0 Å². The second-order valence-corrected chi connectivity index (χ2v) is 4.60. The number of hydrogen-bond donors (Lipinski definition) is 0. The predicted molar refractivity (Wildman–Crippen MR) is 40.2 cm³/mol. The summed E-state index contributed by atoms with van der Waals surface area (Å²) >= 11 is 15.7. The number of rotatable bonds is 2. The average molecular weight is 229 g/mol. The minimum Gasteiger partial charge on any atom is -0.171 e. The molecule has 11 heavy (non-hydrogen) atoms. The van der Waals surface area contributed by atoms with Crippen LogP contribution in [-0.2, 0) is 0 Å². The Morgan fingerprint density at radius 2 is 1.36 bits per heavy atom. The van der Waals surface area contributed by atoms with Crippen molar-refractivity contribution in [3.05, 3.63) is 0 Å². The molecule has 0 radical (unpaired) electrons. The molecule has 68 valence electrons. The molecule has 0 spiro atoms. The fraction of sp³-hybridized carbons (Fsp3) is 1.00. The van der Waals surface area contributed by atoms with Crippen LogP contribution in [0.2, 0.25) is 0 Å². The maximum absolute atomic E-state index is 11.5. The molecule has 0 aromatic heterocycles. The summed E-state index contributed by atoms with van der Waals surface area (Å²) in [5.41, 5.74) is 0. The van der Waals surface area contributed by atoms with Gasteiger partial charge in [-0.1, -0.05) is 34.8 Å². The summed E-state index contributed by atoms with van der Waals surface area (Å²) in [6, 6.07) is 0. The molecule has 0 aliphatic carbocycles. The van der Waals surface area contributed by atoms with Gasteiger partial charge in [-0.25, -0.2) is 0 Å². The zero-order chi connectivity index (χ0) is 9.12. The van der Waals surface area contributed by atoms with Crippen LogP contribution in [0.3, 0.4) is 0 Å². The van der Waals surface area contributed by atoms with E-state index in [2.05, 4.69) is 0 Å². The van der Waals surface area contributed by atoms with Crippen LogP contribution in [0.15, 0.2) is 0 Å². The van der Waals surface area contributed by atoms with Crippen molar-refractivity contribution in [2.75, 3.05) is 0 Å². The molecule has 0 saturated carbocycles. The molecule has 0 heterocycles. The molecule has 0 aliphatic heterocycles. The van der Waals surface area contributed by atoms with Crippen molar-refractivity contribution < 1.29 is 13.2 Å². The Balaban J connectivity index is 3.44. The van der Waals surface area contributed by atoms with Gasteiger partial charge in [-0.2, -0.15) is 13.2 Å². The molecule has 0 unspecified atom stereocenters. The Morgan fingerprint density at radius 3 is 1.64 bits per heavy atom. The van der Waals surface area contributed by atoms with Gasteiger partial charge >= 0.3 is 6.18 Å². The lowest BCUT2D eigenvalue weighted by atomic mass is 10.2. The highest BCUT2D eigenvalue weighted by Crippen LogP contribution is 2.33. The first-order chi connectivity index (χ1) is 4.71. The molecule has 0 aliphatic rings. The Labute approximate surface area is 77.6 Å². The van der Waals surface area contributed by atoms with Crippen LogP contribution < -0.4 is 0 Å². The normalized spacial score (nSPS) is 13.6. The van der Waals surface area contributed by atoms with Crippen molar-refractivity contribution in [3.63, 3.8) is 0 Å². The third-order valence-electron chi connectivity index (χ3n) is 0.921. The van der Waals surface area contributed by atoms with E-state index in [0.717, 1.165) is 0 Å². The fourth-order valence-electron chi connectivity index (χ4n) is 0.489. The van der Waals surface area contributed by atoms with Crippen molar-refractivity contribution >= 4 is 34.8 Å². The summed E-state index contributed by atoms with van der Waals surface area (Å²) in [6.07, 6.45) is -5.28. The highest BCUT2D eigenvalue weighted by Gasteiger charge is 2.28. The van der Waals surface area contributed by atoms with Gasteiger partial charge in [-0.15, -0.1) is 0 Å². The standard InChI is InChI=1S/C5H6Cl3F3/c6-4(7,8)2-1-3-5(9,10)11/h1-3H2. The first-order valence-electron chi connectivity index (χ1n) is 2.84. The molecule has 0 atom stereocenters. The third-order valence-corrected chi connectivity index (χ3v) is 1.49. The predicted octanol–water partition coefficient (Wildman–Crippen LogP) is 4.09. The summed E-state index contributed by atoms with van der Waals surface area (Å²) in [4.78, 5) is 0. The molecular formula is C5H6Cl3F3. The van der Waals surface area contributed by atoms with E-state index in [0.29, 0.717) is 0 Å². The third kappa shape index (κ3) is 10.7. The second-order valence-electron chi connectivity index (χ2n) is 2.08. The molecule has 0 bridgehead atoms. The van der Waals surface area contributed by atoms with Gasteiger partial charge in [0.2, 0.25) is 0 Å². The molecule has 0 aromatic carbocycles. The van der Waals surface area contributed by atoms with Gasteiger partial charge in [-0.3, -0.25) is 0 Å². The zero-order valence-electron chi connectivity index (χ0n) is 5.39. The van der Waals surface area contributed by atoms with Crippen molar-refractivity contribution in [1.82, 2.24) is 0 Å². The van der Waals surface area contributed by atoms with Crippen LogP contribution in [0.1, 0.15) is 19.3 Å². The van der Waals surface area contributed by atoms with Crippen LogP contribution in [0, 0.1) is 0 Å². The quantitative estimate of drug-likeness (QED) is 0.626. The topological polar surface area (TPSA) is 0 Å². The monoisotopic (exact) mass is 228 g/mol. The number of hydrogen-bond acceptors (Lipinski definition) is 0. The Bertz CT molecular complexity index is 101. The van der Waals surface area contributed by atoms with Crippen molar-refractivity contribution in [2.45, 2.75) is 29.2 Å². The SMILES string of the molecule is FC(F)(F)CCCC(Cl)(Cl)Cl. The molecule has 0 aromatic rings. The van der Waals surface area contributed by atoms with Crippen LogP contribution in [0.25, 0.3) is 0 Å². The van der Waals surface area contributed by atoms with Crippen LogP contribution in [0.4, 0.5) is 13.2 Å². The average Bonchev–Trinajstić information content (AvgIpc) is 1.55. The molecule has 6 heteroatoms. The van der Waals surface area contributed by atoms with Crippen LogP contribution in [0.5, 0.6) is 0 Å². The lowest BCUT2D eigenvalue weighted by molar-refractivity contribution is -0.135. The summed E-state index contributed by atoms with van der Waals surface area (Å²) in [6.45, 7) is 0. The van der Waals surface area contributed by atoms with E-state index in [1.165, 1.54) is 0 Å². The minimum absolute atomic E-state index is 0.0722. The number of halogens is 6. The van der Waals surface area contributed by atoms with Gasteiger partial charge in [0.05, 0.1) is 0 Å². The van der Waals surface area contributed by atoms with Crippen LogP contribution >= 0.6 is 34.8 Å². The summed E-state index contributed by atoms with van der Waals surface area (Å²) in [5.74, 6) is 0. The Hall–Kier alpha value is 0.660. The minimum atomic E-state index is -4.16. The molecule has 0 nitrogen and oxygen atoms in total. The van der Waals surface area contributed by atoms with Gasteiger partial charge in [0, 0.05) is 6.42 Å². The molecule has 0 saturated heterocycles. The summed E-state index contributed by atoms with van der Waals surface area (Å²) in [7, 11) is 0. The van der Waals surface area contributed by atoms with E-state index >= 15 is 0 Å². The maximum Gasteiger partial charge on any atom is 0.389 e. The lowest BCUT2D eigenvalue weighted by Gasteiger charge is -2.10. The molecule has 0 rings (SSSR count). The van der Waals surface area contributed by atoms with E-state index < -0.39 is 16.4 Å². The fourth-order valence-corrected chi connectivity index (χ4v) is 0.890. The van der Waals surface area contributed by atoms with E-state index in [9.17, 15) is 13.2 Å². The van der Waals surface area contributed by atoms with E-state index in [1.54, 1.807) is 0 Å². The molecule has 0 fully saturated rings. The van der Waals surface area contributed by atoms with Crippen molar-refractivity contribution in [2.24, 2.45) is 0 Å². The zero-order valence-corrected chi connectivity index (χ0v) is 7.66. The lowest BCUT2D eigenvalue weighted by Crippen LogP contribution is -2.09. The van der Waals surface area contributed by atoms with Crippen molar-refractivity contribution in [1.29, 1.82) is 0 Å². The highest BCUT2D eigenvalue weighted by atomic mass is 35.6. The van der Waals surface area contributed by atoms with Crippen molar-refractivity contribution in [3.8, 4) is 0 Å². The second kappa shape index (κ2) is 4.06. The molecular weight excluding hydrogens is 223 g/mol. The smallest absolute Gasteiger partial charge is 0.171 e. The van der Waals surface area contributed by atoms with Crippen LogP contribution in [-0.4, -0.2) is 9.97 Å². The first-order valence-corrected chi connectivity index (χ1v) is 3.97. The van der Waals surface area contributed by atoms with Gasteiger partial charge < -0.3 is 0 Å². The Morgan fingerprint density at radius 1 is 0.909 bits per heavy atom. The van der Waals surface area contributed by atoms with E-state index in [-0.39, 0.29) is 12.8 Å². The van der Waals surface area contributed by atoms with Gasteiger partial charge in [0.15, 0.2) is 3.79 Å². The molecule has 0 amide bonds. The van der Waals surface area contributed by atoms with Gasteiger partial charge in [0.1, 0.15) is 0 Å². The summed E-state index contributed by atoms with van der Waals surface area (Å²) in [5, 5.41) is 0. The van der Waals surface area contributed by atoms with Gasteiger partial charge in [0.25, 0.3) is 0 Å².